The van der Waals surface area contributed by atoms with Crippen LogP contribution in [0.25, 0.3) is 0 Å². The number of ether oxygens (including phenoxy) is 1. The van der Waals surface area contributed by atoms with Crippen LogP contribution in [-0.2, 0) is 4.79 Å². The van der Waals surface area contributed by atoms with Gasteiger partial charge < -0.3 is 15.0 Å². The van der Waals surface area contributed by atoms with Crippen LogP contribution in [0.15, 0.2) is 24.3 Å². The molecule has 122 valence electrons. The first-order chi connectivity index (χ1) is 10.6. The maximum absolute atomic E-state index is 11.5. The zero-order valence-electron chi connectivity index (χ0n) is 13.7. The third kappa shape index (κ3) is 4.65. The summed E-state index contributed by atoms with van der Waals surface area (Å²) in [4.78, 5) is 14.0. The number of hydrogen-bond donors (Lipinski definition) is 1. The Morgan fingerprint density at radius 2 is 2.09 bits per heavy atom. The number of amides is 1. The Morgan fingerprint density at radius 3 is 2.68 bits per heavy atom. The molecular formula is C17H26N2O2S. The molecule has 5 heteroatoms. The van der Waals surface area contributed by atoms with Crippen LogP contribution in [0.4, 0.5) is 0 Å². The van der Waals surface area contributed by atoms with Crippen molar-refractivity contribution in [2.24, 2.45) is 0 Å². The topological polar surface area (TPSA) is 41.6 Å². The summed E-state index contributed by atoms with van der Waals surface area (Å²) in [5, 5.41) is 3.12. The molecule has 1 amide bonds. The second-order valence-corrected chi connectivity index (χ2v) is 6.78. The highest BCUT2D eigenvalue weighted by Crippen LogP contribution is 2.29. The van der Waals surface area contributed by atoms with Crippen molar-refractivity contribution in [2.75, 3.05) is 38.8 Å². The fourth-order valence-electron chi connectivity index (χ4n) is 3.10. The second kappa shape index (κ2) is 8.44. The summed E-state index contributed by atoms with van der Waals surface area (Å²) in [6.07, 6.45) is 3.34. The Kier molecular flexibility index (Phi) is 6.58. The Labute approximate surface area is 137 Å². The molecule has 22 heavy (non-hydrogen) atoms. The molecule has 0 bridgehead atoms. The fourth-order valence-corrected chi connectivity index (χ4v) is 3.51. The van der Waals surface area contributed by atoms with E-state index in [1.54, 1.807) is 14.0 Å². The molecule has 2 rings (SSSR count). The van der Waals surface area contributed by atoms with E-state index in [0.29, 0.717) is 5.92 Å². The Hall–Kier alpha value is -1.20. The molecule has 0 radical (unpaired) electrons. The summed E-state index contributed by atoms with van der Waals surface area (Å²) < 4.78 is 5.23. The Bertz CT molecular complexity index is 478. The molecule has 1 fully saturated rings. The molecule has 0 aromatic heterocycles. The van der Waals surface area contributed by atoms with Gasteiger partial charge in [-0.15, -0.1) is 0 Å². The van der Waals surface area contributed by atoms with E-state index in [2.05, 4.69) is 28.6 Å². The largest absolute Gasteiger partial charge is 0.497 e. The molecule has 0 spiro atoms. The van der Waals surface area contributed by atoms with Crippen molar-refractivity contribution >= 4 is 17.7 Å². The number of carbonyl (C=O) groups excluding carboxylic acids is 1. The first-order valence-corrected chi connectivity index (χ1v) is 9.15. The van der Waals surface area contributed by atoms with Gasteiger partial charge in [-0.2, -0.15) is 11.8 Å². The number of benzene rings is 1. The smallest absolute Gasteiger partial charge is 0.217 e. The molecule has 4 nitrogen and oxygen atoms in total. The molecule has 1 aromatic carbocycles. The lowest BCUT2D eigenvalue weighted by atomic mass is 9.94. The van der Waals surface area contributed by atoms with Gasteiger partial charge in [0.25, 0.3) is 0 Å². The SMILES string of the molecule is COc1ccc([C@@H]2CN(CCCSC)C[C@H]2NC(C)=O)cc1. The van der Waals surface area contributed by atoms with E-state index in [-0.39, 0.29) is 11.9 Å². The van der Waals surface area contributed by atoms with Crippen molar-refractivity contribution in [3.63, 3.8) is 0 Å². The fraction of sp³-hybridized carbons (Fsp3) is 0.588. The van der Waals surface area contributed by atoms with Crippen LogP contribution in [0.1, 0.15) is 24.8 Å². The quantitative estimate of drug-likeness (QED) is 0.783. The van der Waals surface area contributed by atoms with E-state index >= 15 is 0 Å². The second-order valence-electron chi connectivity index (χ2n) is 5.79. The maximum Gasteiger partial charge on any atom is 0.217 e. The highest BCUT2D eigenvalue weighted by molar-refractivity contribution is 7.98. The number of likely N-dealkylation sites (tertiary alicyclic amines) is 1. The van der Waals surface area contributed by atoms with Gasteiger partial charge in [0, 0.05) is 32.0 Å². The highest BCUT2D eigenvalue weighted by atomic mass is 32.2. The molecule has 0 aliphatic carbocycles. The van der Waals surface area contributed by atoms with Gasteiger partial charge in [-0.1, -0.05) is 12.1 Å². The van der Waals surface area contributed by atoms with E-state index in [1.165, 1.54) is 17.7 Å². The number of hydrogen-bond acceptors (Lipinski definition) is 4. The minimum atomic E-state index is 0.0504. The molecule has 1 saturated heterocycles. The molecule has 0 saturated carbocycles. The average molecular weight is 322 g/mol. The normalized spacial score (nSPS) is 21.8. The van der Waals surface area contributed by atoms with Gasteiger partial charge in [0.1, 0.15) is 5.75 Å². The summed E-state index contributed by atoms with van der Waals surface area (Å²) in [5.74, 6) is 2.46. The molecule has 1 aromatic rings. The number of nitrogens with zero attached hydrogens (tertiary/aromatic N) is 1. The van der Waals surface area contributed by atoms with Crippen molar-refractivity contribution in [2.45, 2.75) is 25.3 Å². The van der Waals surface area contributed by atoms with Crippen molar-refractivity contribution < 1.29 is 9.53 Å². The maximum atomic E-state index is 11.5. The van der Waals surface area contributed by atoms with Crippen molar-refractivity contribution in [1.29, 1.82) is 0 Å². The first kappa shape index (κ1) is 17.2. The van der Waals surface area contributed by atoms with Crippen LogP contribution in [-0.4, -0.2) is 55.6 Å². The number of rotatable bonds is 7. The minimum Gasteiger partial charge on any atom is -0.497 e. The number of nitrogens with one attached hydrogen (secondary N) is 1. The van der Waals surface area contributed by atoms with Gasteiger partial charge in [-0.3, -0.25) is 4.79 Å². The van der Waals surface area contributed by atoms with Gasteiger partial charge in [0.2, 0.25) is 5.91 Å². The van der Waals surface area contributed by atoms with Crippen molar-refractivity contribution in [3.8, 4) is 5.75 Å². The molecule has 1 N–H and O–H groups in total. The molecule has 0 unspecified atom stereocenters. The van der Waals surface area contributed by atoms with E-state index in [0.717, 1.165) is 25.4 Å². The van der Waals surface area contributed by atoms with E-state index < -0.39 is 0 Å². The molecule has 1 aliphatic heterocycles. The molecule has 2 atom stereocenters. The van der Waals surface area contributed by atoms with Crippen LogP contribution in [0.3, 0.4) is 0 Å². The Morgan fingerprint density at radius 1 is 1.36 bits per heavy atom. The summed E-state index contributed by atoms with van der Waals surface area (Å²) in [6, 6.07) is 8.42. The third-order valence-electron chi connectivity index (χ3n) is 4.15. The summed E-state index contributed by atoms with van der Waals surface area (Å²) >= 11 is 1.89. The van der Waals surface area contributed by atoms with Crippen molar-refractivity contribution in [3.05, 3.63) is 29.8 Å². The minimum absolute atomic E-state index is 0.0504. The van der Waals surface area contributed by atoms with E-state index in [1.807, 2.05) is 23.9 Å². The van der Waals surface area contributed by atoms with Crippen molar-refractivity contribution in [1.82, 2.24) is 10.2 Å². The zero-order valence-corrected chi connectivity index (χ0v) is 14.5. The van der Waals surface area contributed by atoms with Gasteiger partial charge in [-0.25, -0.2) is 0 Å². The van der Waals surface area contributed by atoms with Gasteiger partial charge in [0.15, 0.2) is 0 Å². The van der Waals surface area contributed by atoms with Crippen LogP contribution >= 0.6 is 11.8 Å². The van der Waals surface area contributed by atoms with Gasteiger partial charge >= 0.3 is 0 Å². The van der Waals surface area contributed by atoms with Crippen LogP contribution < -0.4 is 10.1 Å². The Balaban J connectivity index is 2.05. The lowest BCUT2D eigenvalue weighted by Crippen LogP contribution is -2.38. The van der Waals surface area contributed by atoms with E-state index in [9.17, 15) is 4.79 Å². The number of thioether (sulfide) groups is 1. The van der Waals surface area contributed by atoms with Gasteiger partial charge in [-0.05, 0) is 42.7 Å². The lowest BCUT2D eigenvalue weighted by molar-refractivity contribution is -0.119. The predicted octanol–water partition coefficient (Wildman–Crippen LogP) is 2.35. The van der Waals surface area contributed by atoms with E-state index in [4.69, 9.17) is 4.74 Å². The highest BCUT2D eigenvalue weighted by Gasteiger charge is 2.33. The number of methoxy groups -OCH3 is 1. The molecule has 1 aliphatic rings. The van der Waals surface area contributed by atoms with Gasteiger partial charge in [0.05, 0.1) is 7.11 Å². The first-order valence-electron chi connectivity index (χ1n) is 7.76. The molecule has 1 heterocycles. The zero-order chi connectivity index (χ0) is 15.9. The third-order valence-corrected chi connectivity index (χ3v) is 4.85. The summed E-state index contributed by atoms with van der Waals surface area (Å²) in [6.45, 7) is 4.64. The lowest BCUT2D eigenvalue weighted by Gasteiger charge is -2.19. The summed E-state index contributed by atoms with van der Waals surface area (Å²) in [7, 11) is 1.68. The summed E-state index contributed by atoms with van der Waals surface area (Å²) in [5.41, 5.74) is 1.27. The van der Waals surface area contributed by atoms with Crippen LogP contribution in [0.5, 0.6) is 5.75 Å². The molecular weight excluding hydrogens is 296 g/mol. The average Bonchev–Trinajstić information content (AvgIpc) is 2.89. The van der Waals surface area contributed by atoms with Crippen LogP contribution in [0, 0.1) is 0 Å². The van der Waals surface area contributed by atoms with Crippen LogP contribution in [0.2, 0.25) is 0 Å². The monoisotopic (exact) mass is 322 g/mol. The predicted molar refractivity (Wildman–Crippen MR) is 92.8 cm³/mol. The number of carbonyl (C=O) groups is 1. The standard InChI is InChI=1S/C17H26N2O2S/c1-13(20)18-17-12-19(9-4-10-22-3)11-16(17)14-5-7-15(21-2)8-6-14/h5-8,16-17H,4,9-12H2,1-3H3,(H,18,20)/t16-,17+/m0/s1.